The Morgan fingerprint density at radius 2 is 1.81 bits per heavy atom. The molecule has 0 aromatic heterocycles. The second-order valence-electron chi connectivity index (χ2n) is 4.65. The minimum absolute atomic E-state index is 0.148. The molecule has 108 valence electrons. The number of sulfonamides is 1. The second-order valence-corrected chi connectivity index (χ2v) is 6.77. The maximum Gasteiger partial charge on any atom is 0.261 e. The van der Waals surface area contributed by atoms with Crippen molar-refractivity contribution in [3.8, 4) is 6.07 Å². The third-order valence-corrected chi connectivity index (χ3v) is 4.73. The summed E-state index contributed by atoms with van der Waals surface area (Å²) in [6.45, 7) is 3.75. The van der Waals surface area contributed by atoms with Crippen LogP contribution in [0.15, 0.2) is 41.3 Å². The van der Waals surface area contributed by atoms with E-state index in [0.29, 0.717) is 5.02 Å². The van der Waals surface area contributed by atoms with E-state index in [1.165, 1.54) is 24.3 Å². The quantitative estimate of drug-likeness (QED) is 0.938. The largest absolute Gasteiger partial charge is 0.278 e. The van der Waals surface area contributed by atoms with Crippen molar-refractivity contribution < 1.29 is 8.42 Å². The maximum atomic E-state index is 12.4. The molecule has 2 rings (SSSR count). The molecule has 0 radical (unpaired) electrons. The van der Waals surface area contributed by atoms with Crippen LogP contribution in [0, 0.1) is 25.2 Å². The molecule has 2 aromatic carbocycles. The number of nitrogens with one attached hydrogen (secondary N) is 1. The molecule has 4 nitrogen and oxygen atoms in total. The van der Waals surface area contributed by atoms with Crippen LogP contribution in [0.4, 0.5) is 5.69 Å². The van der Waals surface area contributed by atoms with Crippen LogP contribution in [0.3, 0.4) is 0 Å². The van der Waals surface area contributed by atoms with Gasteiger partial charge in [0.2, 0.25) is 0 Å². The van der Waals surface area contributed by atoms with Crippen molar-refractivity contribution in [2.75, 3.05) is 4.72 Å². The number of rotatable bonds is 3. The molecule has 0 unspecified atom stereocenters. The Labute approximate surface area is 129 Å². The molecule has 2 aromatic rings. The number of hydrogen-bond donors (Lipinski definition) is 1. The molecule has 0 heterocycles. The van der Waals surface area contributed by atoms with Gasteiger partial charge in [0.1, 0.15) is 6.07 Å². The summed E-state index contributed by atoms with van der Waals surface area (Å²) in [5, 5.41) is 9.38. The third-order valence-electron chi connectivity index (χ3n) is 3.14. The van der Waals surface area contributed by atoms with Gasteiger partial charge in [-0.15, -0.1) is 0 Å². The molecular weight excluding hydrogens is 308 g/mol. The van der Waals surface area contributed by atoms with E-state index < -0.39 is 10.0 Å². The van der Waals surface area contributed by atoms with Gasteiger partial charge in [-0.2, -0.15) is 5.26 Å². The van der Waals surface area contributed by atoms with E-state index in [9.17, 15) is 8.42 Å². The zero-order valence-corrected chi connectivity index (χ0v) is 13.1. The number of anilines is 1. The van der Waals surface area contributed by atoms with Crippen molar-refractivity contribution in [3.63, 3.8) is 0 Å². The van der Waals surface area contributed by atoms with E-state index in [-0.39, 0.29) is 16.1 Å². The minimum Gasteiger partial charge on any atom is -0.278 e. The molecule has 0 amide bonds. The number of nitrogens with zero attached hydrogens (tertiary/aromatic N) is 1. The van der Waals surface area contributed by atoms with Gasteiger partial charge >= 0.3 is 0 Å². The molecule has 1 N–H and O–H groups in total. The number of nitriles is 1. The summed E-state index contributed by atoms with van der Waals surface area (Å²) in [6, 6.07) is 11.2. The predicted molar refractivity (Wildman–Crippen MR) is 82.9 cm³/mol. The van der Waals surface area contributed by atoms with Crippen LogP contribution in [0.5, 0.6) is 0 Å². The van der Waals surface area contributed by atoms with E-state index in [1.807, 2.05) is 19.9 Å². The van der Waals surface area contributed by atoms with Gasteiger partial charge < -0.3 is 0 Å². The van der Waals surface area contributed by atoms with Crippen LogP contribution < -0.4 is 4.72 Å². The fraction of sp³-hybridized carbons (Fsp3) is 0.133. The summed E-state index contributed by atoms with van der Waals surface area (Å²) < 4.78 is 27.2. The molecule has 21 heavy (non-hydrogen) atoms. The van der Waals surface area contributed by atoms with E-state index in [4.69, 9.17) is 16.9 Å². The summed E-state index contributed by atoms with van der Waals surface area (Å²) in [6.07, 6.45) is 0. The lowest BCUT2D eigenvalue weighted by atomic mass is 10.1. The van der Waals surface area contributed by atoms with Gasteiger partial charge in [-0.3, -0.25) is 4.72 Å². The topological polar surface area (TPSA) is 70.0 Å². The van der Waals surface area contributed by atoms with Crippen LogP contribution in [0.2, 0.25) is 5.02 Å². The van der Waals surface area contributed by atoms with Crippen molar-refractivity contribution in [1.82, 2.24) is 0 Å². The Balaban J connectivity index is 2.45. The average Bonchev–Trinajstić information content (AvgIpc) is 2.41. The molecule has 0 atom stereocenters. The maximum absolute atomic E-state index is 12.4. The molecule has 0 aliphatic heterocycles. The number of halogens is 1. The second kappa shape index (κ2) is 5.76. The highest BCUT2D eigenvalue weighted by molar-refractivity contribution is 7.92. The highest BCUT2D eigenvalue weighted by Gasteiger charge is 2.17. The van der Waals surface area contributed by atoms with Crippen molar-refractivity contribution >= 4 is 27.3 Å². The first-order valence-electron chi connectivity index (χ1n) is 6.13. The Bertz CT molecular complexity index is 839. The molecule has 6 heteroatoms. The summed E-state index contributed by atoms with van der Waals surface area (Å²) in [5.41, 5.74) is 2.27. The predicted octanol–water partition coefficient (Wildman–Crippen LogP) is 3.63. The SMILES string of the molecule is Cc1ccc(S(=O)(=O)Nc2cc(Cl)ccc2C#N)cc1C. The van der Waals surface area contributed by atoms with Gasteiger partial charge in [0, 0.05) is 5.02 Å². The zero-order chi connectivity index (χ0) is 15.6. The molecule has 0 aliphatic rings. The van der Waals surface area contributed by atoms with Crippen molar-refractivity contribution in [3.05, 3.63) is 58.1 Å². The van der Waals surface area contributed by atoms with Crippen LogP contribution >= 0.6 is 11.6 Å². The lowest BCUT2D eigenvalue weighted by Crippen LogP contribution is -2.14. The van der Waals surface area contributed by atoms with Gasteiger partial charge in [-0.25, -0.2) is 8.42 Å². The van der Waals surface area contributed by atoms with Gasteiger partial charge in [-0.1, -0.05) is 17.7 Å². The smallest absolute Gasteiger partial charge is 0.261 e. The molecular formula is C15H13ClN2O2S. The van der Waals surface area contributed by atoms with Crippen molar-refractivity contribution in [2.45, 2.75) is 18.7 Å². The van der Waals surface area contributed by atoms with E-state index >= 15 is 0 Å². The fourth-order valence-electron chi connectivity index (χ4n) is 1.78. The Hall–Kier alpha value is -2.03. The first-order valence-corrected chi connectivity index (χ1v) is 7.99. The molecule has 0 fully saturated rings. The number of aryl methyl sites for hydroxylation is 2. The Kier molecular flexibility index (Phi) is 4.21. The summed E-state index contributed by atoms with van der Waals surface area (Å²) in [7, 11) is -3.76. The molecule has 0 spiro atoms. The van der Waals surface area contributed by atoms with Crippen LogP contribution in [0.1, 0.15) is 16.7 Å². The van der Waals surface area contributed by atoms with E-state index in [1.54, 1.807) is 12.1 Å². The zero-order valence-electron chi connectivity index (χ0n) is 11.5. The molecule has 0 bridgehead atoms. The van der Waals surface area contributed by atoms with Crippen LogP contribution in [-0.2, 0) is 10.0 Å². The van der Waals surface area contributed by atoms with Crippen molar-refractivity contribution in [2.24, 2.45) is 0 Å². The number of hydrogen-bond acceptors (Lipinski definition) is 3. The first kappa shape index (κ1) is 15.4. The van der Waals surface area contributed by atoms with E-state index in [2.05, 4.69) is 4.72 Å². The summed E-state index contributed by atoms with van der Waals surface area (Å²) in [5.74, 6) is 0. The van der Waals surface area contributed by atoms with Gasteiger partial charge in [0.15, 0.2) is 0 Å². The van der Waals surface area contributed by atoms with Gasteiger partial charge in [0.05, 0.1) is 16.1 Å². The standard InChI is InChI=1S/C15H13ClN2O2S/c1-10-3-6-14(7-11(10)2)21(19,20)18-15-8-13(16)5-4-12(15)9-17/h3-8,18H,1-2H3. The molecule has 0 saturated heterocycles. The van der Waals surface area contributed by atoms with E-state index in [0.717, 1.165) is 11.1 Å². The monoisotopic (exact) mass is 320 g/mol. The Morgan fingerprint density at radius 3 is 2.43 bits per heavy atom. The lowest BCUT2D eigenvalue weighted by Gasteiger charge is -2.11. The van der Waals surface area contributed by atoms with Crippen LogP contribution in [-0.4, -0.2) is 8.42 Å². The normalized spacial score (nSPS) is 11.0. The Morgan fingerprint density at radius 1 is 1.10 bits per heavy atom. The highest BCUT2D eigenvalue weighted by atomic mass is 35.5. The van der Waals surface area contributed by atoms with Crippen molar-refractivity contribution in [1.29, 1.82) is 5.26 Å². The van der Waals surface area contributed by atoms with Gasteiger partial charge in [0.25, 0.3) is 10.0 Å². The summed E-state index contributed by atoms with van der Waals surface area (Å²) in [4.78, 5) is 0.148. The first-order chi connectivity index (χ1) is 9.83. The molecule has 0 aliphatic carbocycles. The van der Waals surface area contributed by atoms with Crippen LogP contribution in [0.25, 0.3) is 0 Å². The lowest BCUT2D eigenvalue weighted by molar-refractivity contribution is 0.601. The number of benzene rings is 2. The fourth-order valence-corrected chi connectivity index (χ4v) is 3.11. The third kappa shape index (κ3) is 3.35. The minimum atomic E-state index is -3.76. The molecule has 0 saturated carbocycles. The van der Waals surface area contributed by atoms with Gasteiger partial charge in [-0.05, 0) is 55.3 Å². The average molecular weight is 321 g/mol. The summed E-state index contributed by atoms with van der Waals surface area (Å²) >= 11 is 5.85. The highest BCUT2D eigenvalue weighted by Crippen LogP contribution is 2.24.